The van der Waals surface area contributed by atoms with Gasteiger partial charge in [0.1, 0.15) is 0 Å². The smallest absolute Gasteiger partial charge is 0.266 e. The molecule has 1 aromatic rings. The zero-order chi connectivity index (χ0) is 11.8. The second-order valence-electron chi connectivity index (χ2n) is 4.52. The van der Waals surface area contributed by atoms with Crippen LogP contribution in [0, 0.1) is 18.8 Å². The average Bonchev–Trinajstić information content (AvgIpc) is 2.93. The molecule has 0 saturated heterocycles. The van der Waals surface area contributed by atoms with Crippen LogP contribution in [0.2, 0.25) is 0 Å². The van der Waals surface area contributed by atoms with Crippen molar-refractivity contribution in [3.8, 4) is 0 Å². The molecule has 1 aromatic carbocycles. The molecule has 1 fully saturated rings. The van der Waals surface area contributed by atoms with E-state index >= 15 is 0 Å². The van der Waals surface area contributed by atoms with Gasteiger partial charge in [-0.3, -0.25) is 4.18 Å². The fourth-order valence-corrected chi connectivity index (χ4v) is 2.54. The minimum absolute atomic E-state index is 0.242. The van der Waals surface area contributed by atoms with E-state index in [1.54, 1.807) is 24.3 Å². The van der Waals surface area contributed by atoms with Crippen molar-refractivity contribution in [1.82, 2.24) is 0 Å². The molecule has 4 heteroatoms. The standard InChI is InChI=1S/C12H16O3S/c1-9-3-5-12(6-4-9)16(13,14)15-8-11-7-10(11)2/h3-6,10-11H,7-8H2,1-2H3/t10-,11+/m0/s1. The SMILES string of the molecule is Cc1ccc(S(=O)(=O)OC[C@H]2C[C@@H]2C)cc1. The molecule has 0 aliphatic heterocycles. The minimum Gasteiger partial charge on any atom is -0.266 e. The molecule has 2 atom stereocenters. The molecule has 1 aliphatic rings. The third-order valence-electron chi connectivity index (χ3n) is 3.02. The maximum Gasteiger partial charge on any atom is 0.296 e. The fourth-order valence-electron chi connectivity index (χ4n) is 1.58. The Morgan fingerprint density at radius 2 is 1.88 bits per heavy atom. The van der Waals surface area contributed by atoms with Crippen LogP contribution in [0.4, 0.5) is 0 Å². The van der Waals surface area contributed by atoms with E-state index in [1.165, 1.54) is 0 Å². The Bertz CT molecular complexity index is 462. The van der Waals surface area contributed by atoms with Gasteiger partial charge in [0.2, 0.25) is 0 Å². The molecule has 3 nitrogen and oxygen atoms in total. The summed E-state index contributed by atoms with van der Waals surface area (Å²) in [4.78, 5) is 0.242. The summed E-state index contributed by atoms with van der Waals surface area (Å²) in [6.45, 7) is 4.34. The molecule has 0 unspecified atom stereocenters. The van der Waals surface area contributed by atoms with E-state index in [0.717, 1.165) is 12.0 Å². The zero-order valence-corrected chi connectivity index (χ0v) is 10.3. The van der Waals surface area contributed by atoms with Gasteiger partial charge in [-0.2, -0.15) is 8.42 Å². The molecule has 0 bridgehead atoms. The van der Waals surface area contributed by atoms with Crippen LogP contribution in [0.5, 0.6) is 0 Å². The molecule has 0 heterocycles. The third-order valence-corrected chi connectivity index (χ3v) is 4.32. The summed E-state index contributed by atoms with van der Waals surface area (Å²) in [6.07, 6.45) is 1.07. The third kappa shape index (κ3) is 2.62. The molecule has 0 N–H and O–H groups in total. The van der Waals surface area contributed by atoms with Crippen molar-refractivity contribution in [3.05, 3.63) is 29.8 Å². The lowest BCUT2D eigenvalue weighted by molar-refractivity contribution is 0.296. The minimum atomic E-state index is -3.56. The lowest BCUT2D eigenvalue weighted by Gasteiger charge is -2.05. The van der Waals surface area contributed by atoms with Crippen LogP contribution < -0.4 is 0 Å². The van der Waals surface area contributed by atoms with Crippen LogP contribution in [0.3, 0.4) is 0 Å². The number of aryl methyl sites for hydroxylation is 1. The monoisotopic (exact) mass is 240 g/mol. The maximum absolute atomic E-state index is 11.8. The Morgan fingerprint density at radius 1 is 1.31 bits per heavy atom. The molecule has 0 aromatic heterocycles. The van der Waals surface area contributed by atoms with E-state index in [9.17, 15) is 8.42 Å². The van der Waals surface area contributed by atoms with Gasteiger partial charge in [-0.1, -0.05) is 24.6 Å². The van der Waals surface area contributed by atoms with Gasteiger partial charge in [0.15, 0.2) is 0 Å². The number of hydrogen-bond donors (Lipinski definition) is 0. The van der Waals surface area contributed by atoms with E-state index in [2.05, 4.69) is 6.92 Å². The summed E-state index contributed by atoms with van der Waals surface area (Å²) in [6, 6.07) is 6.72. The van der Waals surface area contributed by atoms with Crippen LogP contribution >= 0.6 is 0 Å². The van der Waals surface area contributed by atoms with E-state index in [1.807, 2.05) is 6.92 Å². The molecule has 1 saturated carbocycles. The predicted octanol–water partition coefficient (Wildman–Crippen LogP) is 2.36. The lowest BCUT2D eigenvalue weighted by Crippen LogP contribution is -2.09. The van der Waals surface area contributed by atoms with Crippen LogP contribution in [-0.4, -0.2) is 15.0 Å². The largest absolute Gasteiger partial charge is 0.296 e. The average molecular weight is 240 g/mol. The lowest BCUT2D eigenvalue weighted by atomic mass is 10.2. The highest BCUT2D eigenvalue weighted by Crippen LogP contribution is 2.38. The first kappa shape index (κ1) is 11.6. The zero-order valence-electron chi connectivity index (χ0n) is 9.51. The summed E-state index contributed by atoms with van der Waals surface area (Å²) in [5.74, 6) is 1.02. The molecule has 1 aliphatic carbocycles. The van der Waals surface area contributed by atoms with Crippen molar-refractivity contribution < 1.29 is 12.6 Å². The van der Waals surface area contributed by atoms with Gasteiger partial charge in [-0.15, -0.1) is 0 Å². The van der Waals surface area contributed by atoms with Crippen LogP contribution in [0.25, 0.3) is 0 Å². The van der Waals surface area contributed by atoms with Gasteiger partial charge in [0, 0.05) is 0 Å². The summed E-state index contributed by atoms with van der Waals surface area (Å²) in [5, 5.41) is 0. The summed E-state index contributed by atoms with van der Waals surface area (Å²) in [5.41, 5.74) is 1.04. The number of rotatable bonds is 4. The van der Waals surface area contributed by atoms with Gasteiger partial charge >= 0.3 is 0 Å². The highest BCUT2D eigenvalue weighted by atomic mass is 32.2. The van der Waals surface area contributed by atoms with Gasteiger partial charge in [-0.25, -0.2) is 0 Å². The quantitative estimate of drug-likeness (QED) is 0.759. The highest BCUT2D eigenvalue weighted by Gasteiger charge is 2.34. The molecular weight excluding hydrogens is 224 g/mol. The second-order valence-corrected chi connectivity index (χ2v) is 6.14. The molecular formula is C12H16O3S. The number of benzene rings is 1. The van der Waals surface area contributed by atoms with Crippen molar-refractivity contribution >= 4 is 10.1 Å². The van der Waals surface area contributed by atoms with E-state index < -0.39 is 10.1 Å². The fraction of sp³-hybridized carbons (Fsp3) is 0.500. The van der Waals surface area contributed by atoms with E-state index in [-0.39, 0.29) is 4.90 Å². The van der Waals surface area contributed by atoms with E-state index in [4.69, 9.17) is 4.18 Å². The second kappa shape index (κ2) is 4.18. The van der Waals surface area contributed by atoms with Crippen LogP contribution in [0.15, 0.2) is 29.2 Å². The molecule has 0 amide bonds. The van der Waals surface area contributed by atoms with Gasteiger partial charge < -0.3 is 0 Å². The van der Waals surface area contributed by atoms with Crippen molar-refractivity contribution in [3.63, 3.8) is 0 Å². The summed E-state index contributed by atoms with van der Waals surface area (Å²) < 4.78 is 28.5. The molecule has 2 rings (SSSR count). The Balaban J connectivity index is 2.03. The molecule has 16 heavy (non-hydrogen) atoms. The first-order chi connectivity index (χ1) is 7.49. The normalized spacial score (nSPS) is 24.4. The summed E-state index contributed by atoms with van der Waals surface area (Å²) in [7, 11) is -3.56. The summed E-state index contributed by atoms with van der Waals surface area (Å²) >= 11 is 0. The first-order valence-corrected chi connectivity index (χ1v) is 6.86. The van der Waals surface area contributed by atoms with Gasteiger partial charge in [0.05, 0.1) is 11.5 Å². The Labute approximate surface area is 96.6 Å². The van der Waals surface area contributed by atoms with Crippen molar-refractivity contribution in [1.29, 1.82) is 0 Å². The van der Waals surface area contributed by atoms with Crippen molar-refractivity contribution in [2.45, 2.75) is 25.2 Å². The van der Waals surface area contributed by atoms with Crippen LogP contribution in [-0.2, 0) is 14.3 Å². The number of hydrogen-bond acceptors (Lipinski definition) is 3. The molecule has 0 radical (unpaired) electrons. The van der Waals surface area contributed by atoms with Crippen molar-refractivity contribution in [2.75, 3.05) is 6.61 Å². The van der Waals surface area contributed by atoms with Gasteiger partial charge in [-0.05, 0) is 37.3 Å². The van der Waals surface area contributed by atoms with Crippen molar-refractivity contribution in [2.24, 2.45) is 11.8 Å². The highest BCUT2D eigenvalue weighted by molar-refractivity contribution is 7.86. The van der Waals surface area contributed by atoms with E-state index in [0.29, 0.717) is 18.4 Å². The van der Waals surface area contributed by atoms with Gasteiger partial charge in [0.25, 0.3) is 10.1 Å². The topological polar surface area (TPSA) is 43.4 Å². The Kier molecular flexibility index (Phi) is 3.04. The molecule has 0 spiro atoms. The van der Waals surface area contributed by atoms with Crippen LogP contribution in [0.1, 0.15) is 18.9 Å². The predicted molar refractivity (Wildman–Crippen MR) is 61.6 cm³/mol. The first-order valence-electron chi connectivity index (χ1n) is 5.45. The maximum atomic E-state index is 11.8. The molecule has 88 valence electrons. The Hall–Kier alpha value is -0.870. The Morgan fingerprint density at radius 3 is 2.38 bits per heavy atom.